The Morgan fingerprint density at radius 3 is 1.98 bits per heavy atom. The molecule has 0 saturated heterocycles. The zero-order chi connectivity index (χ0) is 32.0. The molecule has 3 heteroatoms. The molecule has 3 nitrogen and oxygen atoms in total. The summed E-state index contributed by atoms with van der Waals surface area (Å²) < 4.78 is 11.1. The first-order valence-corrected chi connectivity index (χ1v) is 15.4. The average molecular weight is 586 g/mol. The van der Waals surface area contributed by atoms with E-state index in [0.717, 1.165) is 66.8 Å². The fourth-order valence-corrected chi connectivity index (χ4v) is 6.23. The average Bonchev–Trinajstić information content (AvgIpc) is 3.46. The van der Waals surface area contributed by atoms with E-state index in [1.165, 1.54) is 0 Å². The standard InChI is InChI=1S/C42H36N2O/c1-27(2)34-24-35(31-15-9-6-10-16-31)26-36(25-34)44-39-20-12-19-37(33-18-11-17-32(23-33)30-13-7-5-8-14-30)40(39)43-42(44)38-22-28(3)21-29(4)41(38)45/h5-27,45H,1-4H3/i27D. The number of hydrogen-bond acceptors (Lipinski definition) is 2. The number of aryl methyl sites for hydroxylation is 2. The van der Waals surface area contributed by atoms with Crippen molar-refractivity contribution in [2.75, 3.05) is 0 Å². The van der Waals surface area contributed by atoms with E-state index in [1.54, 1.807) is 0 Å². The molecule has 0 atom stereocenters. The summed E-state index contributed by atoms with van der Waals surface area (Å²) in [6, 6.07) is 45.9. The topological polar surface area (TPSA) is 38.0 Å². The van der Waals surface area contributed by atoms with Gasteiger partial charge in [0.1, 0.15) is 11.6 Å². The van der Waals surface area contributed by atoms with Crippen LogP contribution in [0.1, 0.15) is 37.8 Å². The fraction of sp³-hybridized carbons (Fsp3) is 0.119. The minimum Gasteiger partial charge on any atom is -0.507 e. The Kier molecular flexibility index (Phi) is 7.00. The van der Waals surface area contributed by atoms with Crippen LogP contribution in [-0.2, 0) is 0 Å². The number of benzene rings is 6. The number of aromatic nitrogens is 2. The Morgan fingerprint density at radius 1 is 0.622 bits per heavy atom. The summed E-state index contributed by atoms with van der Waals surface area (Å²) in [5.74, 6) is 0.0428. The minimum atomic E-state index is -0.832. The maximum Gasteiger partial charge on any atom is 0.149 e. The van der Waals surface area contributed by atoms with Crippen LogP contribution in [0.5, 0.6) is 5.75 Å². The van der Waals surface area contributed by atoms with Gasteiger partial charge in [0, 0.05) is 12.6 Å². The van der Waals surface area contributed by atoms with Crippen LogP contribution in [0.25, 0.3) is 61.5 Å². The molecule has 0 aliphatic rings. The Hall–Kier alpha value is -5.41. The Labute approximate surface area is 266 Å². The molecule has 0 aliphatic heterocycles. The maximum atomic E-state index is 11.5. The molecule has 0 unspecified atom stereocenters. The Balaban J connectivity index is 1.54. The smallest absolute Gasteiger partial charge is 0.149 e. The SMILES string of the molecule is [2H]C(C)(C)c1cc(-c2ccccc2)cc(-n2c(-c3cc(C)cc(C)c3O)nc3c(-c4cccc(-c5ccccc5)c4)cccc32)c1. The number of phenols is 1. The third-order valence-corrected chi connectivity index (χ3v) is 8.51. The lowest BCUT2D eigenvalue weighted by Gasteiger charge is -2.17. The molecule has 1 heterocycles. The van der Waals surface area contributed by atoms with Crippen LogP contribution in [0.4, 0.5) is 0 Å². The van der Waals surface area contributed by atoms with E-state index in [4.69, 9.17) is 6.35 Å². The van der Waals surface area contributed by atoms with E-state index in [1.807, 2.05) is 64.1 Å². The third-order valence-electron chi connectivity index (χ3n) is 8.51. The first-order chi connectivity index (χ1) is 22.2. The molecule has 6 aromatic carbocycles. The number of hydrogen-bond donors (Lipinski definition) is 1. The number of imidazole rings is 1. The van der Waals surface area contributed by atoms with Crippen molar-refractivity contribution < 1.29 is 6.48 Å². The van der Waals surface area contributed by atoms with Crippen LogP contribution in [0, 0.1) is 13.8 Å². The molecule has 45 heavy (non-hydrogen) atoms. The van der Waals surface area contributed by atoms with Gasteiger partial charge in [-0.1, -0.05) is 117 Å². The highest BCUT2D eigenvalue weighted by Gasteiger charge is 2.22. The molecule has 0 spiro atoms. The second kappa shape index (κ2) is 11.6. The summed E-state index contributed by atoms with van der Waals surface area (Å²) in [6.07, 6.45) is 0. The van der Waals surface area contributed by atoms with E-state index < -0.39 is 5.89 Å². The lowest BCUT2D eigenvalue weighted by Crippen LogP contribution is -2.01. The predicted octanol–water partition coefficient (Wildman–Crippen LogP) is 11.1. The van der Waals surface area contributed by atoms with Crippen molar-refractivity contribution >= 4 is 11.0 Å². The van der Waals surface area contributed by atoms with Crippen molar-refractivity contribution in [1.82, 2.24) is 9.55 Å². The summed E-state index contributed by atoms with van der Waals surface area (Å²) in [5, 5.41) is 11.5. The quantitative estimate of drug-likeness (QED) is 0.211. The van der Waals surface area contributed by atoms with E-state index in [0.29, 0.717) is 11.4 Å². The van der Waals surface area contributed by atoms with E-state index in [9.17, 15) is 5.11 Å². The second-order valence-electron chi connectivity index (χ2n) is 12.0. The molecule has 1 aromatic heterocycles. The highest BCUT2D eigenvalue weighted by molar-refractivity contribution is 5.97. The van der Waals surface area contributed by atoms with Crippen LogP contribution in [0.3, 0.4) is 0 Å². The lowest BCUT2D eigenvalue weighted by molar-refractivity contribution is 0.472. The predicted molar refractivity (Wildman–Crippen MR) is 188 cm³/mol. The van der Waals surface area contributed by atoms with Gasteiger partial charge in [0.15, 0.2) is 0 Å². The van der Waals surface area contributed by atoms with E-state index in [-0.39, 0.29) is 5.75 Å². The van der Waals surface area contributed by atoms with Gasteiger partial charge in [0.2, 0.25) is 0 Å². The van der Waals surface area contributed by atoms with Crippen molar-refractivity contribution in [1.29, 1.82) is 0 Å². The van der Waals surface area contributed by atoms with E-state index in [2.05, 4.69) is 102 Å². The molecule has 220 valence electrons. The van der Waals surface area contributed by atoms with Crippen LogP contribution >= 0.6 is 0 Å². The molecule has 0 bridgehead atoms. The number of para-hydroxylation sites is 1. The molecule has 0 saturated carbocycles. The molecular formula is C42H36N2O. The first-order valence-electron chi connectivity index (χ1n) is 15.9. The molecule has 7 rings (SSSR count). The normalized spacial score (nSPS) is 12.0. The third kappa shape index (κ3) is 5.32. The summed E-state index contributed by atoms with van der Waals surface area (Å²) >= 11 is 0. The summed E-state index contributed by atoms with van der Waals surface area (Å²) in [6.45, 7) is 7.80. The fourth-order valence-electron chi connectivity index (χ4n) is 6.23. The lowest BCUT2D eigenvalue weighted by atomic mass is 9.96. The van der Waals surface area contributed by atoms with Gasteiger partial charge in [-0.2, -0.15) is 0 Å². The Morgan fingerprint density at radius 2 is 1.27 bits per heavy atom. The number of fused-ring (bicyclic) bond motifs is 1. The van der Waals surface area contributed by atoms with Crippen molar-refractivity contribution in [3.8, 4) is 56.2 Å². The molecular weight excluding hydrogens is 548 g/mol. The first kappa shape index (κ1) is 27.2. The molecule has 0 aliphatic carbocycles. The van der Waals surface area contributed by atoms with E-state index >= 15 is 0 Å². The number of rotatable bonds is 6. The number of aromatic hydroxyl groups is 1. The van der Waals surface area contributed by atoms with Gasteiger partial charge < -0.3 is 5.11 Å². The maximum absolute atomic E-state index is 11.5. The van der Waals surface area contributed by atoms with Gasteiger partial charge in [0.05, 0.1) is 16.6 Å². The highest BCUT2D eigenvalue weighted by atomic mass is 16.3. The van der Waals surface area contributed by atoms with Crippen LogP contribution in [0.2, 0.25) is 0 Å². The van der Waals surface area contributed by atoms with Crippen LogP contribution < -0.4 is 0 Å². The summed E-state index contributed by atoms with van der Waals surface area (Å²) in [7, 11) is 0. The van der Waals surface area contributed by atoms with Crippen LogP contribution in [-0.4, -0.2) is 14.7 Å². The number of phenolic OH excluding ortho intramolecular Hbond substituents is 1. The second-order valence-corrected chi connectivity index (χ2v) is 12.0. The minimum absolute atomic E-state index is 0.218. The highest BCUT2D eigenvalue weighted by Crippen LogP contribution is 2.40. The van der Waals surface area contributed by atoms with Gasteiger partial charge in [-0.05, 0) is 94.6 Å². The molecule has 0 fully saturated rings. The largest absolute Gasteiger partial charge is 0.507 e. The number of nitrogens with zero attached hydrogens (tertiary/aromatic N) is 2. The molecule has 1 N–H and O–H groups in total. The van der Waals surface area contributed by atoms with Gasteiger partial charge >= 0.3 is 0 Å². The Bertz CT molecular complexity index is 2210. The monoisotopic (exact) mass is 585 g/mol. The van der Waals surface area contributed by atoms with Gasteiger partial charge in [0.25, 0.3) is 0 Å². The summed E-state index contributed by atoms with van der Waals surface area (Å²) in [4.78, 5) is 5.33. The zero-order valence-corrected chi connectivity index (χ0v) is 26.0. The van der Waals surface area contributed by atoms with Crippen LogP contribution in [0.15, 0.2) is 133 Å². The zero-order valence-electron chi connectivity index (χ0n) is 27.0. The molecule has 0 radical (unpaired) electrons. The van der Waals surface area contributed by atoms with Gasteiger partial charge in [-0.3, -0.25) is 4.57 Å². The van der Waals surface area contributed by atoms with Crippen molar-refractivity contribution in [2.24, 2.45) is 0 Å². The molecule has 7 aromatic rings. The van der Waals surface area contributed by atoms with Gasteiger partial charge in [-0.25, -0.2) is 4.98 Å². The van der Waals surface area contributed by atoms with Crippen molar-refractivity contribution in [3.05, 3.63) is 150 Å². The summed E-state index contributed by atoms with van der Waals surface area (Å²) in [5.41, 5.74) is 12.6. The molecule has 0 amide bonds. The van der Waals surface area contributed by atoms with Crippen molar-refractivity contribution in [2.45, 2.75) is 33.6 Å². The van der Waals surface area contributed by atoms with Gasteiger partial charge in [-0.15, -0.1) is 0 Å². The van der Waals surface area contributed by atoms with Crippen molar-refractivity contribution in [3.63, 3.8) is 0 Å².